The summed E-state index contributed by atoms with van der Waals surface area (Å²) in [4.78, 5) is 4.05. The van der Waals surface area contributed by atoms with Crippen LogP contribution in [0.25, 0.3) is 0 Å². The highest BCUT2D eigenvalue weighted by molar-refractivity contribution is 9.10. The highest BCUT2D eigenvalue weighted by Gasteiger charge is 2.15. The van der Waals surface area contributed by atoms with E-state index in [1.807, 2.05) is 18.2 Å². The van der Waals surface area contributed by atoms with Crippen LogP contribution in [0, 0.1) is 0 Å². The van der Waals surface area contributed by atoms with Crippen molar-refractivity contribution in [2.24, 2.45) is 0 Å². The van der Waals surface area contributed by atoms with Gasteiger partial charge in [-0.25, -0.2) is 13.1 Å². The monoisotopic (exact) mass is 368 g/mol. The first kappa shape index (κ1) is 16.1. The first-order valence-electron chi connectivity index (χ1n) is 6.64. The van der Waals surface area contributed by atoms with E-state index < -0.39 is 10.0 Å². The topological polar surface area (TPSA) is 59.1 Å². The predicted molar refractivity (Wildman–Crippen MR) is 86.6 cm³/mol. The van der Waals surface area contributed by atoms with Crippen LogP contribution >= 0.6 is 15.9 Å². The van der Waals surface area contributed by atoms with Gasteiger partial charge >= 0.3 is 0 Å². The van der Waals surface area contributed by atoms with Crippen LogP contribution < -0.4 is 4.72 Å². The van der Waals surface area contributed by atoms with Gasteiger partial charge in [-0.3, -0.25) is 4.98 Å². The van der Waals surface area contributed by atoms with E-state index in [0.29, 0.717) is 16.9 Å². The SMILES string of the molecule is CC(CCNS(=O)(=O)c1cncc(Br)c1)c1ccccc1. The number of halogens is 1. The minimum Gasteiger partial charge on any atom is -0.262 e. The lowest BCUT2D eigenvalue weighted by Gasteiger charge is -2.12. The van der Waals surface area contributed by atoms with E-state index in [0.717, 1.165) is 6.42 Å². The molecule has 0 radical (unpaired) electrons. The number of nitrogens with zero attached hydrogens (tertiary/aromatic N) is 1. The average Bonchev–Trinajstić information content (AvgIpc) is 2.48. The lowest BCUT2D eigenvalue weighted by Crippen LogP contribution is -2.25. The number of nitrogens with one attached hydrogen (secondary N) is 1. The second-order valence-electron chi connectivity index (χ2n) is 4.84. The van der Waals surface area contributed by atoms with E-state index >= 15 is 0 Å². The van der Waals surface area contributed by atoms with Crippen molar-refractivity contribution < 1.29 is 8.42 Å². The van der Waals surface area contributed by atoms with E-state index in [2.05, 4.69) is 44.7 Å². The van der Waals surface area contributed by atoms with Gasteiger partial charge in [-0.2, -0.15) is 0 Å². The largest absolute Gasteiger partial charge is 0.262 e. The molecule has 2 rings (SSSR count). The molecule has 4 nitrogen and oxygen atoms in total. The third-order valence-electron chi connectivity index (χ3n) is 3.23. The van der Waals surface area contributed by atoms with E-state index in [4.69, 9.17) is 0 Å². The fourth-order valence-corrected chi connectivity index (χ4v) is 3.53. The molecule has 0 saturated heterocycles. The van der Waals surface area contributed by atoms with E-state index in [1.165, 1.54) is 17.8 Å². The second kappa shape index (κ2) is 7.15. The van der Waals surface area contributed by atoms with Crippen molar-refractivity contribution in [1.29, 1.82) is 0 Å². The summed E-state index contributed by atoms with van der Waals surface area (Å²) in [6, 6.07) is 11.6. The van der Waals surface area contributed by atoms with Crippen molar-refractivity contribution in [3.05, 3.63) is 58.8 Å². The molecule has 1 heterocycles. The molecule has 0 bridgehead atoms. The molecule has 1 N–H and O–H groups in total. The fraction of sp³-hybridized carbons (Fsp3) is 0.267. The van der Waals surface area contributed by atoms with Crippen LogP contribution in [-0.4, -0.2) is 19.9 Å². The molecule has 0 saturated carbocycles. The van der Waals surface area contributed by atoms with Crippen molar-refractivity contribution in [3.8, 4) is 0 Å². The van der Waals surface area contributed by atoms with Gasteiger partial charge in [-0.15, -0.1) is 0 Å². The van der Waals surface area contributed by atoms with E-state index in [9.17, 15) is 8.42 Å². The lowest BCUT2D eigenvalue weighted by molar-refractivity contribution is 0.572. The van der Waals surface area contributed by atoms with Gasteiger partial charge in [0.15, 0.2) is 0 Å². The number of benzene rings is 1. The van der Waals surface area contributed by atoms with Gasteiger partial charge < -0.3 is 0 Å². The number of rotatable bonds is 6. The average molecular weight is 369 g/mol. The first-order chi connectivity index (χ1) is 9.99. The van der Waals surface area contributed by atoms with Crippen molar-refractivity contribution in [3.63, 3.8) is 0 Å². The molecule has 1 aromatic carbocycles. The third kappa shape index (κ3) is 4.62. The Balaban J connectivity index is 1.94. The summed E-state index contributed by atoms with van der Waals surface area (Å²) in [6.07, 6.45) is 3.63. The summed E-state index contributed by atoms with van der Waals surface area (Å²) in [5.41, 5.74) is 1.21. The molecular weight excluding hydrogens is 352 g/mol. The zero-order valence-electron chi connectivity index (χ0n) is 11.7. The van der Waals surface area contributed by atoms with Gasteiger partial charge in [0.1, 0.15) is 4.90 Å². The maximum absolute atomic E-state index is 12.1. The summed E-state index contributed by atoms with van der Waals surface area (Å²) in [5.74, 6) is 0.300. The number of aromatic nitrogens is 1. The minimum absolute atomic E-state index is 0.171. The Morgan fingerprint density at radius 1 is 1.24 bits per heavy atom. The van der Waals surface area contributed by atoms with Crippen LogP contribution in [0.15, 0.2) is 58.2 Å². The molecule has 112 valence electrons. The normalized spacial score (nSPS) is 13.0. The zero-order valence-corrected chi connectivity index (χ0v) is 14.1. The molecule has 0 aliphatic carbocycles. The summed E-state index contributed by atoms with van der Waals surface area (Å²) >= 11 is 3.22. The van der Waals surface area contributed by atoms with Gasteiger partial charge in [-0.1, -0.05) is 37.3 Å². The minimum atomic E-state index is -3.50. The maximum atomic E-state index is 12.1. The molecule has 21 heavy (non-hydrogen) atoms. The van der Waals surface area contributed by atoms with Crippen LogP contribution in [0.1, 0.15) is 24.8 Å². The van der Waals surface area contributed by atoms with Crippen molar-refractivity contribution >= 4 is 26.0 Å². The molecule has 0 fully saturated rings. The Kier molecular flexibility index (Phi) is 5.50. The Labute approximate surface area is 133 Å². The Bertz CT molecular complexity index is 690. The van der Waals surface area contributed by atoms with Gasteiger partial charge in [0, 0.05) is 23.4 Å². The fourth-order valence-electron chi connectivity index (χ4n) is 1.98. The number of hydrogen-bond acceptors (Lipinski definition) is 3. The highest BCUT2D eigenvalue weighted by Crippen LogP contribution is 2.18. The summed E-state index contributed by atoms with van der Waals surface area (Å²) in [7, 11) is -3.50. The van der Waals surface area contributed by atoms with Crippen LogP contribution in [0.3, 0.4) is 0 Å². The Morgan fingerprint density at radius 3 is 2.62 bits per heavy atom. The molecule has 1 unspecified atom stereocenters. The first-order valence-corrected chi connectivity index (χ1v) is 8.92. The second-order valence-corrected chi connectivity index (χ2v) is 7.52. The van der Waals surface area contributed by atoms with E-state index in [1.54, 1.807) is 6.20 Å². The molecule has 0 aliphatic heterocycles. The van der Waals surface area contributed by atoms with Crippen LogP contribution in [-0.2, 0) is 10.0 Å². The third-order valence-corrected chi connectivity index (χ3v) is 5.09. The van der Waals surface area contributed by atoms with Crippen LogP contribution in [0.5, 0.6) is 0 Å². The quantitative estimate of drug-likeness (QED) is 0.850. The predicted octanol–water partition coefficient (Wildman–Crippen LogP) is 3.32. The van der Waals surface area contributed by atoms with Gasteiger partial charge in [-0.05, 0) is 39.9 Å². The van der Waals surface area contributed by atoms with Crippen LogP contribution in [0.2, 0.25) is 0 Å². The summed E-state index contributed by atoms with van der Waals surface area (Å²) < 4.78 is 27.5. The standard InChI is InChI=1S/C15H17BrN2O2S/c1-12(13-5-3-2-4-6-13)7-8-18-21(19,20)15-9-14(16)10-17-11-15/h2-6,9-12,18H,7-8H2,1H3. The van der Waals surface area contributed by atoms with Gasteiger partial charge in [0.2, 0.25) is 10.0 Å². The van der Waals surface area contributed by atoms with E-state index in [-0.39, 0.29) is 4.90 Å². The number of hydrogen-bond donors (Lipinski definition) is 1. The van der Waals surface area contributed by atoms with Crippen LogP contribution in [0.4, 0.5) is 0 Å². The van der Waals surface area contributed by atoms with Crippen molar-refractivity contribution in [2.75, 3.05) is 6.54 Å². The van der Waals surface area contributed by atoms with Gasteiger partial charge in [0.25, 0.3) is 0 Å². The molecule has 2 aromatic rings. The smallest absolute Gasteiger partial charge is 0.242 e. The summed E-state index contributed by atoms with van der Waals surface area (Å²) in [6.45, 7) is 2.48. The number of pyridine rings is 1. The Morgan fingerprint density at radius 2 is 1.95 bits per heavy atom. The molecule has 1 atom stereocenters. The van der Waals surface area contributed by atoms with Crippen molar-refractivity contribution in [1.82, 2.24) is 9.71 Å². The molecule has 0 spiro atoms. The molecular formula is C15H17BrN2O2S. The molecule has 0 amide bonds. The molecule has 6 heteroatoms. The zero-order chi connectivity index (χ0) is 15.3. The lowest BCUT2D eigenvalue weighted by atomic mass is 9.98. The molecule has 1 aromatic heterocycles. The summed E-state index contributed by atoms with van der Waals surface area (Å²) in [5, 5.41) is 0. The van der Waals surface area contributed by atoms with Crippen molar-refractivity contribution in [2.45, 2.75) is 24.2 Å². The number of sulfonamides is 1. The van der Waals surface area contributed by atoms with Gasteiger partial charge in [0.05, 0.1) is 0 Å². The Hall–Kier alpha value is -1.24. The molecule has 0 aliphatic rings. The highest BCUT2D eigenvalue weighted by atomic mass is 79.9. The maximum Gasteiger partial charge on any atom is 0.242 e.